The van der Waals surface area contributed by atoms with Gasteiger partial charge in [0.15, 0.2) is 0 Å². The second kappa shape index (κ2) is 7.77. The van der Waals surface area contributed by atoms with Crippen LogP contribution in [0, 0.1) is 11.3 Å². The summed E-state index contributed by atoms with van der Waals surface area (Å²) < 4.78 is 0. The number of piperazine rings is 1. The van der Waals surface area contributed by atoms with E-state index in [1.54, 1.807) is 30.5 Å². The van der Waals surface area contributed by atoms with Crippen molar-refractivity contribution in [2.75, 3.05) is 38.1 Å². The van der Waals surface area contributed by atoms with Gasteiger partial charge in [0.1, 0.15) is 5.82 Å². The van der Waals surface area contributed by atoms with Crippen LogP contribution in [-0.2, 0) is 6.54 Å². The predicted octanol–water partition coefficient (Wildman–Crippen LogP) is 1.64. The number of nitrogens with zero attached hydrogens (tertiary/aromatic N) is 4. The van der Waals surface area contributed by atoms with Crippen LogP contribution in [0.15, 0.2) is 42.6 Å². The zero-order valence-corrected chi connectivity index (χ0v) is 14.3. The highest BCUT2D eigenvalue weighted by Gasteiger charge is 2.18. The predicted molar refractivity (Wildman–Crippen MR) is 96.3 cm³/mol. The van der Waals surface area contributed by atoms with Crippen LogP contribution in [0.4, 0.5) is 5.82 Å². The van der Waals surface area contributed by atoms with E-state index in [0.717, 1.165) is 37.6 Å². The molecule has 1 aromatic heterocycles. The Labute approximate surface area is 147 Å². The van der Waals surface area contributed by atoms with Crippen molar-refractivity contribution in [2.45, 2.75) is 6.54 Å². The quantitative estimate of drug-likeness (QED) is 0.919. The second-order valence-corrected chi connectivity index (χ2v) is 6.15. The lowest BCUT2D eigenvalue weighted by atomic mass is 10.1. The number of anilines is 1. The highest BCUT2D eigenvalue weighted by atomic mass is 16.1. The molecule has 0 radical (unpaired) electrons. The maximum Gasteiger partial charge on any atom is 0.251 e. The fourth-order valence-corrected chi connectivity index (χ4v) is 2.84. The van der Waals surface area contributed by atoms with Gasteiger partial charge in [-0.2, -0.15) is 5.26 Å². The first kappa shape index (κ1) is 16.9. The Balaban J connectivity index is 1.66. The van der Waals surface area contributed by atoms with Crippen molar-refractivity contribution in [3.05, 3.63) is 59.3 Å². The smallest absolute Gasteiger partial charge is 0.251 e. The monoisotopic (exact) mass is 335 g/mol. The number of nitrogens with one attached hydrogen (secondary N) is 1. The standard InChI is InChI=1S/C19H21N5O/c1-23-9-11-24(12-10-23)18-17(3-2-8-21-18)14-22-19(25)16-6-4-15(13-20)5-7-16/h2-8H,9-12,14H2,1H3,(H,22,25). The van der Waals surface area contributed by atoms with Crippen molar-refractivity contribution in [1.82, 2.24) is 15.2 Å². The Morgan fingerprint density at radius 2 is 1.92 bits per heavy atom. The lowest BCUT2D eigenvalue weighted by molar-refractivity contribution is 0.0951. The minimum absolute atomic E-state index is 0.155. The first-order valence-electron chi connectivity index (χ1n) is 8.33. The van der Waals surface area contributed by atoms with Crippen LogP contribution in [0.25, 0.3) is 0 Å². The van der Waals surface area contributed by atoms with Crippen molar-refractivity contribution < 1.29 is 4.79 Å². The number of aromatic nitrogens is 1. The van der Waals surface area contributed by atoms with E-state index in [0.29, 0.717) is 17.7 Å². The zero-order chi connectivity index (χ0) is 17.6. The van der Waals surface area contributed by atoms with Crippen LogP contribution in [0.2, 0.25) is 0 Å². The molecule has 1 aromatic carbocycles. The Morgan fingerprint density at radius 3 is 2.60 bits per heavy atom. The zero-order valence-electron chi connectivity index (χ0n) is 14.3. The summed E-state index contributed by atoms with van der Waals surface area (Å²) in [6.07, 6.45) is 1.79. The molecule has 0 bridgehead atoms. The van der Waals surface area contributed by atoms with E-state index in [4.69, 9.17) is 5.26 Å². The van der Waals surface area contributed by atoms with Gasteiger partial charge in [0.05, 0.1) is 11.6 Å². The summed E-state index contributed by atoms with van der Waals surface area (Å²) in [7, 11) is 2.12. The molecular formula is C19H21N5O. The van der Waals surface area contributed by atoms with Gasteiger partial charge >= 0.3 is 0 Å². The second-order valence-electron chi connectivity index (χ2n) is 6.15. The van der Waals surface area contributed by atoms with Gasteiger partial charge in [-0.15, -0.1) is 0 Å². The lowest BCUT2D eigenvalue weighted by Gasteiger charge is -2.34. The summed E-state index contributed by atoms with van der Waals surface area (Å²) in [6.45, 7) is 4.31. The molecule has 0 unspecified atom stereocenters. The third-order valence-corrected chi connectivity index (χ3v) is 4.39. The van der Waals surface area contributed by atoms with Crippen LogP contribution in [0.5, 0.6) is 0 Å². The van der Waals surface area contributed by atoms with Crippen LogP contribution in [0.3, 0.4) is 0 Å². The maximum absolute atomic E-state index is 12.3. The molecule has 25 heavy (non-hydrogen) atoms. The minimum atomic E-state index is -0.155. The van der Waals surface area contributed by atoms with Gasteiger partial charge in [0.25, 0.3) is 5.91 Å². The molecule has 6 nitrogen and oxygen atoms in total. The van der Waals surface area contributed by atoms with Crippen molar-refractivity contribution in [3.8, 4) is 6.07 Å². The summed E-state index contributed by atoms with van der Waals surface area (Å²) in [5, 5.41) is 11.8. The number of nitriles is 1. The number of hydrogen-bond donors (Lipinski definition) is 1. The fraction of sp³-hybridized carbons (Fsp3) is 0.316. The summed E-state index contributed by atoms with van der Waals surface area (Å²) in [5.41, 5.74) is 2.10. The van der Waals surface area contributed by atoms with Crippen LogP contribution in [-0.4, -0.2) is 49.0 Å². The van der Waals surface area contributed by atoms with Crippen LogP contribution in [0.1, 0.15) is 21.5 Å². The van der Waals surface area contributed by atoms with Gasteiger partial charge in [-0.1, -0.05) is 6.07 Å². The summed E-state index contributed by atoms with van der Waals surface area (Å²) in [4.78, 5) is 21.4. The van der Waals surface area contributed by atoms with Crippen molar-refractivity contribution in [1.29, 1.82) is 5.26 Å². The summed E-state index contributed by atoms with van der Waals surface area (Å²) in [6, 6.07) is 12.6. The molecular weight excluding hydrogens is 314 g/mol. The Hall–Kier alpha value is -2.91. The van der Waals surface area contributed by atoms with Gasteiger partial charge in [0.2, 0.25) is 0 Å². The van der Waals surface area contributed by atoms with E-state index < -0.39 is 0 Å². The van der Waals surface area contributed by atoms with Crippen molar-refractivity contribution in [2.24, 2.45) is 0 Å². The van der Waals surface area contributed by atoms with E-state index in [1.165, 1.54) is 0 Å². The topological polar surface area (TPSA) is 72.3 Å². The van der Waals surface area contributed by atoms with E-state index in [1.807, 2.05) is 18.2 Å². The number of benzene rings is 1. The molecule has 1 fully saturated rings. The van der Waals surface area contributed by atoms with E-state index in [9.17, 15) is 4.79 Å². The molecule has 2 heterocycles. The Kier molecular flexibility index (Phi) is 5.26. The number of carbonyl (C=O) groups is 1. The minimum Gasteiger partial charge on any atom is -0.354 e. The molecule has 1 saturated heterocycles. The number of likely N-dealkylation sites (N-methyl/N-ethyl adjacent to an activating group) is 1. The number of hydrogen-bond acceptors (Lipinski definition) is 5. The average molecular weight is 335 g/mol. The molecule has 0 atom stereocenters. The number of rotatable bonds is 4. The lowest BCUT2D eigenvalue weighted by Crippen LogP contribution is -2.45. The van der Waals surface area contributed by atoms with Gasteiger partial charge in [-0.05, 0) is 37.4 Å². The highest BCUT2D eigenvalue weighted by Crippen LogP contribution is 2.18. The highest BCUT2D eigenvalue weighted by molar-refractivity contribution is 5.94. The molecule has 1 aliphatic rings. The van der Waals surface area contributed by atoms with Crippen molar-refractivity contribution in [3.63, 3.8) is 0 Å². The van der Waals surface area contributed by atoms with E-state index in [2.05, 4.69) is 27.1 Å². The van der Waals surface area contributed by atoms with Gasteiger partial charge in [-0.3, -0.25) is 4.79 Å². The molecule has 1 N–H and O–H groups in total. The van der Waals surface area contributed by atoms with Crippen LogP contribution < -0.4 is 10.2 Å². The molecule has 0 saturated carbocycles. The SMILES string of the molecule is CN1CCN(c2ncccc2CNC(=O)c2ccc(C#N)cc2)CC1. The normalized spacial score (nSPS) is 14.8. The summed E-state index contributed by atoms with van der Waals surface area (Å²) >= 11 is 0. The number of pyridine rings is 1. The molecule has 0 aliphatic carbocycles. The average Bonchev–Trinajstić information content (AvgIpc) is 2.67. The first-order chi connectivity index (χ1) is 12.2. The molecule has 3 rings (SSSR count). The third-order valence-electron chi connectivity index (χ3n) is 4.39. The molecule has 1 amide bonds. The molecule has 1 aliphatic heterocycles. The summed E-state index contributed by atoms with van der Waals surface area (Å²) in [5.74, 6) is 0.786. The molecule has 6 heteroatoms. The van der Waals surface area contributed by atoms with E-state index in [-0.39, 0.29) is 5.91 Å². The van der Waals surface area contributed by atoms with Crippen molar-refractivity contribution >= 4 is 11.7 Å². The van der Waals surface area contributed by atoms with Gasteiger partial charge in [0, 0.05) is 50.0 Å². The Morgan fingerprint density at radius 1 is 1.20 bits per heavy atom. The van der Waals surface area contributed by atoms with Gasteiger partial charge < -0.3 is 15.1 Å². The number of amides is 1. The van der Waals surface area contributed by atoms with Gasteiger partial charge in [-0.25, -0.2) is 4.98 Å². The third kappa shape index (κ3) is 4.14. The number of carbonyl (C=O) groups excluding carboxylic acids is 1. The molecule has 0 spiro atoms. The maximum atomic E-state index is 12.3. The van der Waals surface area contributed by atoms with Crippen LogP contribution >= 0.6 is 0 Å². The first-order valence-corrected chi connectivity index (χ1v) is 8.33. The largest absolute Gasteiger partial charge is 0.354 e. The molecule has 2 aromatic rings. The Bertz CT molecular complexity index is 773. The molecule has 128 valence electrons. The van der Waals surface area contributed by atoms with E-state index >= 15 is 0 Å². The fourth-order valence-electron chi connectivity index (χ4n) is 2.84.